The highest BCUT2D eigenvalue weighted by molar-refractivity contribution is 6.07. The maximum Gasteiger partial charge on any atom is 0.416 e. The lowest BCUT2D eigenvalue weighted by atomic mass is 9.92. The summed E-state index contributed by atoms with van der Waals surface area (Å²) in [6.45, 7) is 2.03. The Bertz CT molecular complexity index is 497. The summed E-state index contributed by atoms with van der Waals surface area (Å²) in [6.07, 6.45) is -2.14. The molecule has 0 fully saturated rings. The third-order valence-corrected chi connectivity index (χ3v) is 3.22. The summed E-state index contributed by atoms with van der Waals surface area (Å²) in [5, 5.41) is 15.3. The van der Waals surface area contributed by atoms with Crippen LogP contribution in [-0.4, -0.2) is 17.0 Å². The molecule has 1 aromatic carbocycles. The molecule has 0 spiro atoms. The van der Waals surface area contributed by atoms with Crippen molar-refractivity contribution in [1.29, 1.82) is 0 Å². The zero-order valence-electron chi connectivity index (χ0n) is 10.5. The summed E-state index contributed by atoms with van der Waals surface area (Å²) in [4.78, 5) is 0. The molecule has 1 aliphatic rings. The SMILES string of the molecule is CCC[C@@H]1C/C(=N\O)c2cc(C(F)(F)F)ccc2N1. The number of fused-ring (bicyclic) bond motifs is 1. The van der Waals surface area contributed by atoms with Crippen LogP contribution in [0.3, 0.4) is 0 Å². The van der Waals surface area contributed by atoms with Crippen LogP contribution in [0.1, 0.15) is 37.3 Å². The van der Waals surface area contributed by atoms with E-state index in [1.165, 1.54) is 6.07 Å². The smallest absolute Gasteiger partial charge is 0.411 e. The summed E-state index contributed by atoms with van der Waals surface area (Å²) in [5.74, 6) is 0. The van der Waals surface area contributed by atoms with Crippen molar-refractivity contribution in [1.82, 2.24) is 0 Å². The first-order valence-electron chi connectivity index (χ1n) is 6.14. The first-order chi connectivity index (χ1) is 8.95. The number of nitrogens with one attached hydrogen (secondary N) is 1. The highest BCUT2D eigenvalue weighted by Crippen LogP contribution is 2.34. The first kappa shape index (κ1) is 13.7. The minimum atomic E-state index is -4.39. The van der Waals surface area contributed by atoms with Gasteiger partial charge in [0, 0.05) is 23.7 Å². The van der Waals surface area contributed by atoms with E-state index in [1.807, 2.05) is 6.92 Å². The Morgan fingerprint density at radius 1 is 1.42 bits per heavy atom. The summed E-state index contributed by atoms with van der Waals surface area (Å²) in [7, 11) is 0. The van der Waals surface area contributed by atoms with Crippen LogP contribution in [0.4, 0.5) is 18.9 Å². The van der Waals surface area contributed by atoms with Crippen LogP contribution in [-0.2, 0) is 6.18 Å². The van der Waals surface area contributed by atoms with E-state index in [0.29, 0.717) is 23.4 Å². The summed E-state index contributed by atoms with van der Waals surface area (Å²) in [5.41, 5.74) is 0.483. The summed E-state index contributed by atoms with van der Waals surface area (Å²) in [6, 6.07) is 3.56. The number of nitrogens with zero attached hydrogens (tertiary/aromatic N) is 1. The molecular formula is C13H15F3N2O. The predicted molar refractivity (Wildman–Crippen MR) is 66.7 cm³/mol. The maximum absolute atomic E-state index is 12.7. The summed E-state index contributed by atoms with van der Waals surface area (Å²) < 4.78 is 38.0. The average Bonchev–Trinajstić information content (AvgIpc) is 2.36. The quantitative estimate of drug-likeness (QED) is 0.634. The van der Waals surface area contributed by atoms with Gasteiger partial charge in [-0.15, -0.1) is 0 Å². The molecule has 0 aromatic heterocycles. The molecule has 1 atom stereocenters. The zero-order valence-corrected chi connectivity index (χ0v) is 10.5. The van der Waals surface area contributed by atoms with Crippen LogP contribution in [0, 0.1) is 0 Å². The second kappa shape index (κ2) is 5.11. The Morgan fingerprint density at radius 2 is 2.16 bits per heavy atom. The first-order valence-corrected chi connectivity index (χ1v) is 6.14. The monoisotopic (exact) mass is 272 g/mol. The van der Waals surface area contributed by atoms with E-state index >= 15 is 0 Å². The number of hydrogen-bond donors (Lipinski definition) is 2. The number of rotatable bonds is 2. The van der Waals surface area contributed by atoms with Crippen molar-refractivity contribution in [3.8, 4) is 0 Å². The number of anilines is 1. The molecule has 104 valence electrons. The van der Waals surface area contributed by atoms with Gasteiger partial charge in [0.1, 0.15) is 0 Å². The van der Waals surface area contributed by atoms with Gasteiger partial charge in [-0.1, -0.05) is 18.5 Å². The van der Waals surface area contributed by atoms with E-state index < -0.39 is 11.7 Å². The Hall–Kier alpha value is -1.72. The molecule has 0 saturated heterocycles. The van der Waals surface area contributed by atoms with Crippen LogP contribution >= 0.6 is 0 Å². The van der Waals surface area contributed by atoms with Crippen molar-refractivity contribution in [3.05, 3.63) is 29.3 Å². The normalized spacial score (nSPS) is 21.1. The molecule has 0 aliphatic carbocycles. The number of alkyl halides is 3. The Labute approximate surface area is 109 Å². The van der Waals surface area contributed by atoms with Gasteiger partial charge in [0.05, 0.1) is 11.3 Å². The minimum Gasteiger partial charge on any atom is -0.411 e. The van der Waals surface area contributed by atoms with Gasteiger partial charge in [-0.3, -0.25) is 0 Å². The second-order valence-electron chi connectivity index (χ2n) is 4.64. The number of halogens is 3. The average molecular weight is 272 g/mol. The molecule has 1 aliphatic heterocycles. The Balaban J connectivity index is 2.39. The van der Waals surface area contributed by atoms with E-state index in [2.05, 4.69) is 10.5 Å². The van der Waals surface area contributed by atoms with E-state index in [0.717, 1.165) is 25.0 Å². The van der Waals surface area contributed by atoms with Crippen molar-refractivity contribution >= 4 is 11.4 Å². The largest absolute Gasteiger partial charge is 0.416 e. The van der Waals surface area contributed by atoms with Gasteiger partial charge >= 0.3 is 6.18 Å². The fraction of sp³-hybridized carbons (Fsp3) is 0.462. The van der Waals surface area contributed by atoms with Gasteiger partial charge in [0.2, 0.25) is 0 Å². The molecule has 0 bridgehead atoms. The van der Waals surface area contributed by atoms with Crippen LogP contribution in [0.25, 0.3) is 0 Å². The highest BCUT2D eigenvalue weighted by atomic mass is 19.4. The van der Waals surface area contributed by atoms with E-state index in [9.17, 15) is 13.2 Å². The minimum absolute atomic E-state index is 0.0973. The Kier molecular flexibility index (Phi) is 3.68. The Morgan fingerprint density at radius 3 is 2.74 bits per heavy atom. The maximum atomic E-state index is 12.7. The molecular weight excluding hydrogens is 257 g/mol. The van der Waals surface area contributed by atoms with Gasteiger partial charge in [0.25, 0.3) is 0 Å². The number of oxime groups is 1. The van der Waals surface area contributed by atoms with Crippen LogP contribution < -0.4 is 5.32 Å². The van der Waals surface area contributed by atoms with Crippen molar-refractivity contribution in [2.45, 2.75) is 38.4 Å². The van der Waals surface area contributed by atoms with Crippen molar-refractivity contribution in [3.63, 3.8) is 0 Å². The molecule has 0 unspecified atom stereocenters. The van der Waals surface area contributed by atoms with Crippen LogP contribution in [0.2, 0.25) is 0 Å². The van der Waals surface area contributed by atoms with Crippen LogP contribution in [0.5, 0.6) is 0 Å². The molecule has 0 radical (unpaired) electrons. The van der Waals surface area contributed by atoms with Crippen molar-refractivity contribution in [2.75, 3.05) is 5.32 Å². The van der Waals surface area contributed by atoms with Gasteiger partial charge < -0.3 is 10.5 Å². The molecule has 0 saturated carbocycles. The topological polar surface area (TPSA) is 44.6 Å². The van der Waals surface area contributed by atoms with Crippen molar-refractivity contribution in [2.24, 2.45) is 5.16 Å². The second-order valence-corrected chi connectivity index (χ2v) is 4.64. The molecule has 2 rings (SSSR count). The van der Waals surface area contributed by atoms with Gasteiger partial charge in [-0.05, 0) is 24.6 Å². The molecule has 0 amide bonds. The fourth-order valence-electron chi connectivity index (χ4n) is 2.32. The van der Waals surface area contributed by atoms with E-state index in [4.69, 9.17) is 5.21 Å². The lowest BCUT2D eigenvalue weighted by Crippen LogP contribution is -2.30. The number of benzene rings is 1. The lowest BCUT2D eigenvalue weighted by molar-refractivity contribution is -0.137. The molecule has 2 N–H and O–H groups in total. The standard InChI is InChI=1S/C13H15F3N2O/c1-2-3-9-7-12(18-19)10-6-8(13(14,15)16)4-5-11(10)17-9/h4-6,9,17,19H,2-3,7H2,1H3/b18-12+/t9-/m1/s1. The van der Waals surface area contributed by atoms with Gasteiger partial charge in [0.15, 0.2) is 0 Å². The number of hydrogen-bond acceptors (Lipinski definition) is 3. The lowest BCUT2D eigenvalue weighted by Gasteiger charge is -2.28. The fourth-order valence-corrected chi connectivity index (χ4v) is 2.32. The molecule has 1 heterocycles. The molecule has 3 nitrogen and oxygen atoms in total. The van der Waals surface area contributed by atoms with E-state index in [1.54, 1.807) is 0 Å². The molecule has 1 aromatic rings. The summed E-state index contributed by atoms with van der Waals surface area (Å²) >= 11 is 0. The van der Waals surface area contributed by atoms with Crippen molar-refractivity contribution < 1.29 is 18.4 Å². The third-order valence-electron chi connectivity index (χ3n) is 3.22. The highest BCUT2D eigenvalue weighted by Gasteiger charge is 2.33. The van der Waals surface area contributed by atoms with Crippen LogP contribution in [0.15, 0.2) is 23.4 Å². The molecule has 19 heavy (non-hydrogen) atoms. The molecule has 6 heteroatoms. The zero-order chi connectivity index (χ0) is 14.0. The van der Waals surface area contributed by atoms with E-state index in [-0.39, 0.29) is 6.04 Å². The van der Waals surface area contributed by atoms with Gasteiger partial charge in [-0.25, -0.2) is 0 Å². The third kappa shape index (κ3) is 2.83. The predicted octanol–water partition coefficient (Wildman–Crippen LogP) is 3.87. The van der Waals surface area contributed by atoms with Gasteiger partial charge in [-0.2, -0.15) is 13.2 Å².